The minimum Gasteiger partial charge on any atom is -0.445 e. The fraction of sp³-hybridized carbons (Fsp3) is 0.677. The molecule has 21 nitrogen and oxygen atoms in total. The number of nitrogens with one attached hydrogen (secondary N) is 2. The summed E-state index contributed by atoms with van der Waals surface area (Å²) in [5.74, 6) is -2.72. The van der Waals surface area contributed by atoms with Gasteiger partial charge in [-0.15, -0.1) is 0 Å². The van der Waals surface area contributed by atoms with Crippen LogP contribution in [0.2, 0.25) is 0 Å². The third-order valence-electron chi connectivity index (χ3n) is 18.8. The fourth-order valence-corrected chi connectivity index (χ4v) is 14.7. The molecule has 2 aliphatic heterocycles. The summed E-state index contributed by atoms with van der Waals surface area (Å²) in [6.45, 7) is 9.72. The Kier molecular flexibility index (Phi) is 22.2. The monoisotopic (exact) mass is 1190 g/mol. The van der Waals surface area contributed by atoms with Crippen molar-refractivity contribution in [3.8, 4) is 0 Å². The molecular weight excluding hydrogens is 1100 g/mol. The Labute approximate surface area is 497 Å². The summed E-state index contributed by atoms with van der Waals surface area (Å²) in [6, 6.07) is 5.22. The zero-order valence-corrected chi connectivity index (χ0v) is 51.0. The van der Waals surface area contributed by atoms with E-state index >= 15 is 0 Å². The smallest absolute Gasteiger partial charge is 0.409 e. The second-order valence-electron chi connectivity index (χ2n) is 24.7. The van der Waals surface area contributed by atoms with Crippen LogP contribution in [0.4, 0.5) is 14.4 Å². The van der Waals surface area contributed by atoms with Crippen molar-refractivity contribution in [3.63, 3.8) is 0 Å². The number of imide groups is 1. The number of aliphatic hydroxyl groups is 1. The normalized spacial score (nSPS) is 28.3. The molecule has 1 aromatic carbocycles. The van der Waals surface area contributed by atoms with Crippen molar-refractivity contribution >= 4 is 70.8 Å². The number of ketones is 4. The van der Waals surface area contributed by atoms with E-state index in [-0.39, 0.29) is 123 Å². The number of urea groups is 1. The maximum Gasteiger partial charge on any atom is 0.409 e. The summed E-state index contributed by atoms with van der Waals surface area (Å²) in [7, 11) is 3.02. The summed E-state index contributed by atoms with van der Waals surface area (Å²) < 4.78 is 24.4. The SMILES string of the molecule is CCCC1OC2C[C@H]3[C@@H]4CCC5=CC(=O)C=C[C@]5(C)[C@H]4[C@@H](O)C[C@]3(C)[C@]2(C(=O)COC(=O)N(C)CCN(C)C(=O)OCc2ccc(CC(=O)[C@H](CCCNC(N)=O)NC(=O)[C@@H](CC(=O)CCCCCN3C(=O)CC(SC)C3=O)C(C)C)cc2)O1. The lowest BCUT2D eigenvalue weighted by atomic mass is 9.46. The van der Waals surface area contributed by atoms with Crippen molar-refractivity contribution in [2.45, 2.75) is 173 Å². The number of ether oxygens (including phenoxy) is 4. The molecule has 22 heteroatoms. The molecule has 0 bridgehead atoms. The molecular formula is C62H88N6O15S. The highest BCUT2D eigenvalue weighted by Gasteiger charge is 2.76. The Balaban J connectivity index is 0.859. The van der Waals surface area contributed by atoms with Crippen molar-refractivity contribution in [3.05, 3.63) is 59.2 Å². The number of allylic oxidation sites excluding steroid dienone is 4. The molecule has 5 fully saturated rings. The lowest BCUT2D eigenvalue weighted by molar-refractivity contribution is -0.200. The van der Waals surface area contributed by atoms with Crippen molar-refractivity contribution in [1.82, 2.24) is 25.3 Å². The average Bonchev–Trinajstić information content (AvgIpc) is 2.22. The molecule has 6 aliphatic rings. The third kappa shape index (κ3) is 14.6. The molecule has 1 aromatic rings. The highest BCUT2D eigenvalue weighted by Crippen LogP contribution is 2.69. The molecule has 4 aliphatic carbocycles. The van der Waals surface area contributed by atoms with E-state index in [1.807, 2.05) is 33.8 Å². The predicted octanol–water partition coefficient (Wildman–Crippen LogP) is 6.39. The van der Waals surface area contributed by atoms with Crippen LogP contribution in [0.25, 0.3) is 0 Å². The zero-order chi connectivity index (χ0) is 61.3. The summed E-state index contributed by atoms with van der Waals surface area (Å²) in [5.41, 5.74) is 4.76. The summed E-state index contributed by atoms with van der Waals surface area (Å²) in [4.78, 5) is 134. The molecule has 0 aromatic heterocycles. The van der Waals surface area contributed by atoms with Gasteiger partial charge >= 0.3 is 18.2 Å². The number of carbonyl (C=O) groups excluding carboxylic acids is 10. The van der Waals surface area contributed by atoms with Crippen LogP contribution in [-0.4, -0.2) is 167 Å². The first-order valence-electron chi connectivity index (χ1n) is 29.9. The van der Waals surface area contributed by atoms with Crippen LogP contribution in [0.5, 0.6) is 0 Å². The lowest BCUT2D eigenvalue weighted by Gasteiger charge is -2.59. The van der Waals surface area contributed by atoms with Crippen LogP contribution in [0.15, 0.2) is 48.1 Å². The number of unbranched alkanes of at least 4 members (excludes halogenated alkanes) is 2. The standard InChI is InChI=1S/C62H88N6O15S/c1-9-14-53-82-51-32-45-43-22-21-40-30-42(70)23-24-60(40,4)54(43)48(72)34-61(45,5)62(51,83-53)50(73)36-81-59(79)67(7)28-27-66(6)58(78)80-35-39-19-17-38(18-20-39)29-47(71)46(16-13-25-64-57(63)77)65-55(75)44(37(2)3)31-41(69)15-11-10-12-26-68-52(74)33-49(84-8)56(68)76/h17-20,23-24,30,37,43-46,48-49,51,53-54,72H,9-16,21-22,25-29,31-36H2,1-8H3,(H,65,75)(H3,63,64,77)/t43-,44-,45-,46-,48-,49?,51?,53?,54+,60-,61-,62+/m0/s1. The molecule has 3 saturated carbocycles. The number of carbonyl (C=O) groups is 10. The number of Topliss-reactive ketones (excluding diaryl/α,β-unsaturated/α-hetero) is 3. The van der Waals surface area contributed by atoms with Crippen LogP contribution < -0.4 is 16.4 Å². The number of benzene rings is 1. The van der Waals surface area contributed by atoms with E-state index in [4.69, 9.17) is 24.7 Å². The molecule has 2 saturated heterocycles. The van der Waals surface area contributed by atoms with Crippen molar-refractivity contribution < 1.29 is 72.0 Å². The van der Waals surface area contributed by atoms with Crippen molar-refractivity contribution in [2.24, 2.45) is 46.2 Å². The number of thioether (sulfide) groups is 1. The van der Waals surface area contributed by atoms with Gasteiger partial charge in [0.05, 0.1) is 23.5 Å². The minimum absolute atomic E-state index is 0.0168. The van der Waals surface area contributed by atoms with Gasteiger partial charge in [0.15, 0.2) is 30.1 Å². The van der Waals surface area contributed by atoms with Crippen LogP contribution in [0.3, 0.4) is 0 Å². The Morgan fingerprint density at radius 3 is 2.30 bits per heavy atom. The largest absolute Gasteiger partial charge is 0.445 e. The number of likely N-dealkylation sites (tertiary alicyclic amines) is 1. The Morgan fingerprint density at radius 1 is 0.952 bits per heavy atom. The second kappa shape index (κ2) is 28.5. The van der Waals surface area contributed by atoms with E-state index in [0.29, 0.717) is 62.6 Å². The first-order chi connectivity index (χ1) is 39.9. The van der Waals surface area contributed by atoms with Gasteiger partial charge in [-0.1, -0.05) is 83.4 Å². The quantitative estimate of drug-likeness (QED) is 0.0499. The molecule has 462 valence electrons. The van der Waals surface area contributed by atoms with E-state index in [1.54, 1.807) is 42.7 Å². The van der Waals surface area contributed by atoms with Crippen molar-refractivity contribution in [2.75, 3.05) is 53.1 Å². The Bertz CT molecular complexity index is 2700. The van der Waals surface area contributed by atoms with Gasteiger partial charge in [0, 0.05) is 88.6 Å². The molecule has 12 atom stereocenters. The number of nitrogens with two attached hydrogens (primary N) is 1. The number of nitrogens with zero attached hydrogens (tertiary/aromatic N) is 3. The summed E-state index contributed by atoms with van der Waals surface area (Å²) >= 11 is 1.36. The number of hydrogen-bond donors (Lipinski definition) is 4. The van der Waals surface area contributed by atoms with Crippen LogP contribution >= 0.6 is 11.8 Å². The first kappa shape index (κ1) is 65.6. The van der Waals surface area contributed by atoms with Crippen LogP contribution in [0, 0.1) is 40.4 Å². The fourth-order valence-electron chi connectivity index (χ4n) is 14.1. The van der Waals surface area contributed by atoms with Gasteiger partial charge < -0.3 is 50.2 Å². The number of fused-ring (bicyclic) bond motifs is 7. The second-order valence-corrected chi connectivity index (χ2v) is 25.7. The van der Waals surface area contributed by atoms with Gasteiger partial charge in [-0.2, -0.15) is 11.8 Å². The van der Waals surface area contributed by atoms with E-state index in [2.05, 4.69) is 17.6 Å². The molecule has 84 heavy (non-hydrogen) atoms. The number of primary amides is 1. The highest BCUT2D eigenvalue weighted by atomic mass is 32.2. The van der Waals surface area contributed by atoms with E-state index in [1.165, 1.54) is 40.6 Å². The Hall–Kier alpha value is -5.97. The number of hydrogen-bond acceptors (Lipinski definition) is 16. The summed E-state index contributed by atoms with van der Waals surface area (Å²) in [5, 5.41) is 17.1. The summed E-state index contributed by atoms with van der Waals surface area (Å²) in [6.07, 6.45) is 9.87. The van der Waals surface area contributed by atoms with Crippen molar-refractivity contribution in [1.29, 1.82) is 0 Å². The van der Waals surface area contributed by atoms with Crippen LogP contribution in [0.1, 0.15) is 136 Å². The molecule has 3 unspecified atom stereocenters. The molecule has 2 heterocycles. The average molecular weight is 1190 g/mol. The number of likely N-dealkylation sites (N-methyl/N-ethyl adjacent to an activating group) is 2. The maximum atomic E-state index is 14.7. The number of amides is 7. The van der Waals surface area contributed by atoms with Crippen LogP contribution in [-0.2, 0) is 65.5 Å². The Morgan fingerprint density at radius 2 is 1.64 bits per heavy atom. The van der Waals surface area contributed by atoms with E-state index < -0.39 is 83.4 Å². The first-order valence-corrected chi connectivity index (χ1v) is 31.2. The molecule has 0 radical (unpaired) electrons. The molecule has 5 N–H and O–H groups in total. The zero-order valence-electron chi connectivity index (χ0n) is 50.2. The highest BCUT2D eigenvalue weighted by molar-refractivity contribution is 8.00. The van der Waals surface area contributed by atoms with E-state index in [9.17, 15) is 53.1 Å². The predicted molar refractivity (Wildman–Crippen MR) is 312 cm³/mol. The molecule has 7 amide bonds. The maximum absolute atomic E-state index is 14.7. The number of aliphatic hydroxyl groups excluding tert-OH is 1. The molecule has 0 spiro atoms. The number of rotatable bonds is 29. The van der Waals surface area contributed by atoms with Gasteiger partial charge in [-0.3, -0.25) is 38.5 Å². The molecule has 7 rings (SSSR count). The van der Waals surface area contributed by atoms with Gasteiger partial charge in [-0.05, 0) is 105 Å². The van der Waals surface area contributed by atoms with E-state index in [0.717, 1.165) is 18.4 Å². The van der Waals surface area contributed by atoms with Gasteiger partial charge in [0.2, 0.25) is 23.5 Å². The van der Waals surface area contributed by atoms with Gasteiger partial charge in [-0.25, -0.2) is 14.4 Å². The van der Waals surface area contributed by atoms with Gasteiger partial charge in [0.25, 0.3) is 0 Å². The third-order valence-corrected chi connectivity index (χ3v) is 19.7. The minimum atomic E-state index is -1.46. The lowest BCUT2D eigenvalue weighted by Crippen LogP contribution is -2.63. The van der Waals surface area contributed by atoms with Gasteiger partial charge in [0.1, 0.15) is 12.4 Å². The topological polar surface area (TPSA) is 288 Å².